The second-order valence-electron chi connectivity index (χ2n) is 6.33. The molecule has 1 saturated carbocycles. The topological polar surface area (TPSA) is 98.5 Å². The highest BCUT2D eigenvalue weighted by molar-refractivity contribution is 6.05. The summed E-state index contributed by atoms with van der Waals surface area (Å²) in [6.45, 7) is 0. The van der Waals surface area contributed by atoms with E-state index >= 15 is 0 Å². The molecule has 0 saturated heterocycles. The number of anilines is 1. The molecule has 0 amide bonds. The largest absolute Gasteiger partial charge is 0.369 e. The Balaban J connectivity index is 2.09. The summed E-state index contributed by atoms with van der Waals surface area (Å²) in [4.78, 5) is 10.3. The molecule has 3 rings (SSSR count). The first-order valence-corrected chi connectivity index (χ1v) is 8.35. The van der Waals surface area contributed by atoms with Gasteiger partial charge in [0.15, 0.2) is 6.29 Å². The normalized spacial score (nSPS) is 19.9. The number of nitrogens with two attached hydrogens (primary N) is 2. The molecular weight excluding hydrogens is 325 g/mol. The zero-order valence-corrected chi connectivity index (χ0v) is 14.5. The number of hydrogen-bond acceptors (Lipinski definition) is 7. The quantitative estimate of drug-likeness (QED) is 0.812. The highest BCUT2D eigenvalue weighted by Gasteiger charge is 2.43. The lowest BCUT2D eigenvalue weighted by Crippen LogP contribution is -2.58. The highest BCUT2D eigenvalue weighted by Crippen LogP contribution is 2.41. The van der Waals surface area contributed by atoms with Gasteiger partial charge in [-0.3, -0.25) is 4.90 Å². The maximum atomic E-state index is 14.7. The van der Waals surface area contributed by atoms with Crippen LogP contribution in [0, 0.1) is 5.82 Å². The lowest BCUT2D eigenvalue weighted by Gasteiger charge is -2.45. The number of ether oxygens (including phenoxy) is 2. The third kappa shape index (κ3) is 3.19. The van der Waals surface area contributed by atoms with Crippen molar-refractivity contribution in [3.8, 4) is 0 Å². The number of benzene rings is 1. The van der Waals surface area contributed by atoms with Crippen molar-refractivity contribution in [1.29, 1.82) is 0 Å². The smallest absolute Gasteiger partial charge is 0.220 e. The van der Waals surface area contributed by atoms with Crippen LogP contribution in [0.2, 0.25) is 0 Å². The van der Waals surface area contributed by atoms with E-state index in [2.05, 4.69) is 9.98 Å². The van der Waals surface area contributed by atoms with Gasteiger partial charge in [-0.25, -0.2) is 9.38 Å². The van der Waals surface area contributed by atoms with E-state index in [0.29, 0.717) is 11.3 Å². The fourth-order valence-corrected chi connectivity index (χ4v) is 3.69. The Kier molecular flexibility index (Phi) is 4.91. The predicted molar refractivity (Wildman–Crippen MR) is 94.7 cm³/mol. The summed E-state index contributed by atoms with van der Waals surface area (Å²) in [5.41, 5.74) is 12.3. The first-order chi connectivity index (χ1) is 12.0. The van der Waals surface area contributed by atoms with Gasteiger partial charge in [0.2, 0.25) is 11.9 Å². The maximum Gasteiger partial charge on any atom is 0.220 e. The van der Waals surface area contributed by atoms with E-state index in [1.54, 1.807) is 17.0 Å². The molecule has 1 aromatic carbocycles. The van der Waals surface area contributed by atoms with Crippen LogP contribution in [0.1, 0.15) is 44.0 Å². The Labute approximate surface area is 146 Å². The van der Waals surface area contributed by atoms with Crippen molar-refractivity contribution in [2.24, 2.45) is 21.5 Å². The molecule has 1 aliphatic heterocycles. The van der Waals surface area contributed by atoms with Gasteiger partial charge >= 0.3 is 0 Å². The third-order valence-corrected chi connectivity index (χ3v) is 4.76. The predicted octanol–water partition coefficient (Wildman–Crippen LogP) is 2.23. The molecule has 1 spiro atoms. The minimum atomic E-state index is -0.691. The summed E-state index contributed by atoms with van der Waals surface area (Å²) in [6.07, 6.45) is 3.94. The SMILES string of the molecule is COC(OC)c1ccc(F)c(N2C(N)=NC(N)=NC23CCCCC3)c1. The van der Waals surface area contributed by atoms with Crippen molar-refractivity contribution in [3.63, 3.8) is 0 Å². The summed E-state index contributed by atoms with van der Waals surface area (Å²) in [5.74, 6) is -0.121. The lowest BCUT2D eigenvalue weighted by atomic mass is 9.87. The number of rotatable bonds is 4. The molecule has 0 atom stereocenters. The molecule has 1 fully saturated rings. The zero-order valence-electron chi connectivity index (χ0n) is 14.5. The van der Waals surface area contributed by atoms with Gasteiger partial charge < -0.3 is 20.9 Å². The minimum absolute atomic E-state index is 0.138. The van der Waals surface area contributed by atoms with Crippen molar-refractivity contribution in [1.82, 2.24) is 0 Å². The van der Waals surface area contributed by atoms with Gasteiger partial charge in [0.1, 0.15) is 11.5 Å². The number of nitrogens with zero attached hydrogens (tertiary/aromatic N) is 3. The van der Waals surface area contributed by atoms with Crippen LogP contribution in [-0.2, 0) is 9.47 Å². The van der Waals surface area contributed by atoms with Crippen LogP contribution in [0.25, 0.3) is 0 Å². The Morgan fingerprint density at radius 1 is 1.16 bits per heavy atom. The van der Waals surface area contributed by atoms with Crippen molar-refractivity contribution < 1.29 is 13.9 Å². The first-order valence-electron chi connectivity index (χ1n) is 8.35. The average molecular weight is 349 g/mol. The first kappa shape index (κ1) is 17.6. The van der Waals surface area contributed by atoms with Gasteiger partial charge in [-0.2, -0.15) is 4.99 Å². The van der Waals surface area contributed by atoms with Crippen molar-refractivity contribution in [2.75, 3.05) is 19.1 Å². The molecule has 4 N–H and O–H groups in total. The van der Waals surface area contributed by atoms with Crippen LogP contribution in [0.3, 0.4) is 0 Å². The number of hydrogen-bond donors (Lipinski definition) is 2. The van der Waals surface area contributed by atoms with Gasteiger partial charge in [0, 0.05) is 19.8 Å². The maximum absolute atomic E-state index is 14.7. The number of methoxy groups -OCH3 is 2. The van der Waals surface area contributed by atoms with E-state index < -0.39 is 17.8 Å². The van der Waals surface area contributed by atoms with Crippen LogP contribution in [-0.4, -0.2) is 31.8 Å². The molecule has 0 radical (unpaired) electrons. The van der Waals surface area contributed by atoms with Gasteiger partial charge in [0.25, 0.3) is 0 Å². The second kappa shape index (κ2) is 6.97. The molecule has 25 heavy (non-hydrogen) atoms. The van der Waals surface area contributed by atoms with Crippen molar-refractivity contribution in [3.05, 3.63) is 29.6 Å². The third-order valence-electron chi connectivity index (χ3n) is 4.76. The molecule has 136 valence electrons. The average Bonchev–Trinajstić information content (AvgIpc) is 2.58. The van der Waals surface area contributed by atoms with Gasteiger partial charge in [0.05, 0.1) is 5.69 Å². The number of halogens is 1. The zero-order chi connectivity index (χ0) is 18.0. The molecule has 8 heteroatoms. The minimum Gasteiger partial charge on any atom is -0.369 e. The van der Waals surface area contributed by atoms with Crippen LogP contribution in [0.4, 0.5) is 10.1 Å². The lowest BCUT2D eigenvalue weighted by molar-refractivity contribution is -0.106. The Morgan fingerprint density at radius 2 is 1.84 bits per heavy atom. The number of guanidine groups is 2. The van der Waals surface area contributed by atoms with E-state index in [1.165, 1.54) is 20.3 Å². The second-order valence-corrected chi connectivity index (χ2v) is 6.33. The molecule has 1 aliphatic carbocycles. The van der Waals surface area contributed by atoms with Crippen LogP contribution < -0.4 is 16.4 Å². The van der Waals surface area contributed by atoms with Crippen LogP contribution in [0.15, 0.2) is 28.2 Å². The highest BCUT2D eigenvalue weighted by atomic mass is 19.1. The summed E-state index contributed by atoms with van der Waals surface area (Å²) < 4.78 is 25.3. The summed E-state index contributed by atoms with van der Waals surface area (Å²) in [6, 6.07) is 4.67. The summed E-state index contributed by atoms with van der Waals surface area (Å²) in [5, 5.41) is 0. The van der Waals surface area contributed by atoms with E-state index in [1.807, 2.05) is 0 Å². The fraction of sp³-hybridized carbons (Fsp3) is 0.529. The Bertz CT molecular complexity index is 696. The fourth-order valence-electron chi connectivity index (χ4n) is 3.69. The molecule has 0 aromatic heterocycles. The molecule has 0 unspecified atom stereocenters. The van der Waals surface area contributed by atoms with E-state index in [-0.39, 0.29) is 11.9 Å². The Morgan fingerprint density at radius 3 is 2.48 bits per heavy atom. The van der Waals surface area contributed by atoms with Gasteiger partial charge in [-0.05, 0) is 37.8 Å². The molecule has 7 nitrogen and oxygen atoms in total. The monoisotopic (exact) mass is 349 g/mol. The van der Waals surface area contributed by atoms with Gasteiger partial charge in [-0.1, -0.05) is 12.5 Å². The summed E-state index contributed by atoms with van der Waals surface area (Å²) >= 11 is 0. The number of aliphatic imine (C=N–C) groups is 2. The van der Waals surface area contributed by atoms with Crippen LogP contribution >= 0.6 is 0 Å². The standard InChI is InChI=1S/C17H24FN5O2/c1-24-14(25-2)11-6-7-12(18)13(10-11)23-16(20)21-15(19)22-17(23)8-4-3-5-9-17/h6-7,10,14H,3-5,8-9H2,1-2H3,(H4,19,20,21,22). The van der Waals surface area contributed by atoms with Crippen LogP contribution in [0.5, 0.6) is 0 Å². The van der Waals surface area contributed by atoms with E-state index in [0.717, 1.165) is 32.1 Å². The molecule has 2 aliphatic rings. The molecule has 1 heterocycles. The Hall–Kier alpha value is -2.19. The van der Waals surface area contributed by atoms with E-state index in [4.69, 9.17) is 20.9 Å². The summed E-state index contributed by atoms with van der Waals surface area (Å²) in [7, 11) is 3.06. The molecular formula is C17H24FN5O2. The molecule has 0 bridgehead atoms. The van der Waals surface area contributed by atoms with E-state index in [9.17, 15) is 4.39 Å². The molecule has 1 aromatic rings. The van der Waals surface area contributed by atoms with Crippen molar-refractivity contribution >= 4 is 17.6 Å². The van der Waals surface area contributed by atoms with Gasteiger partial charge in [-0.15, -0.1) is 0 Å². The van der Waals surface area contributed by atoms with Crippen molar-refractivity contribution in [2.45, 2.75) is 44.1 Å².